The standard InChI is InChI=1S/C17H17Cl2N3O2/c18-11-3-1-10(2-4-11)14-9-24-17(21)15(16(20)23)22(14)13-7-5-12(19)6-8-13/h1-8,14-15,17H,9,21H2,(H2,20,23). The summed E-state index contributed by atoms with van der Waals surface area (Å²) in [5.41, 5.74) is 13.3. The molecule has 4 N–H and O–H groups in total. The van der Waals surface area contributed by atoms with Crippen LogP contribution in [-0.2, 0) is 9.53 Å². The number of nitrogens with zero attached hydrogens (tertiary/aromatic N) is 1. The zero-order chi connectivity index (χ0) is 17.3. The van der Waals surface area contributed by atoms with E-state index in [2.05, 4.69) is 0 Å². The smallest absolute Gasteiger partial charge is 0.244 e. The maximum atomic E-state index is 12.0. The van der Waals surface area contributed by atoms with Crippen molar-refractivity contribution in [3.63, 3.8) is 0 Å². The van der Waals surface area contributed by atoms with Gasteiger partial charge >= 0.3 is 0 Å². The van der Waals surface area contributed by atoms with Gasteiger partial charge in [-0.1, -0.05) is 35.3 Å². The average molecular weight is 366 g/mol. The lowest BCUT2D eigenvalue weighted by Crippen LogP contribution is -2.61. The summed E-state index contributed by atoms with van der Waals surface area (Å²) < 4.78 is 5.60. The van der Waals surface area contributed by atoms with E-state index in [0.29, 0.717) is 16.7 Å². The van der Waals surface area contributed by atoms with Gasteiger partial charge in [0.2, 0.25) is 5.91 Å². The maximum Gasteiger partial charge on any atom is 0.244 e. The minimum absolute atomic E-state index is 0.222. The van der Waals surface area contributed by atoms with Gasteiger partial charge in [0.25, 0.3) is 0 Å². The van der Waals surface area contributed by atoms with E-state index in [9.17, 15) is 4.79 Å². The highest BCUT2D eigenvalue weighted by atomic mass is 35.5. The maximum absolute atomic E-state index is 12.0. The molecule has 3 unspecified atom stereocenters. The molecule has 1 saturated heterocycles. The number of rotatable bonds is 3. The molecule has 2 aromatic carbocycles. The first-order valence-corrected chi connectivity index (χ1v) is 8.19. The van der Waals surface area contributed by atoms with Crippen molar-refractivity contribution in [2.45, 2.75) is 18.3 Å². The van der Waals surface area contributed by atoms with Gasteiger partial charge in [-0.25, -0.2) is 0 Å². The highest BCUT2D eigenvalue weighted by Crippen LogP contribution is 2.35. The Bertz CT molecular complexity index is 722. The molecule has 2 aromatic rings. The van der Waals surface area contributed by atoms with Gasteiger partial charge in [0, 0.05) is 15.7 Å². The number of morpholine rings is 1. The van der Waals surface area contributed by atoms with E-state index in [0.717, 1.165) is 11.3 Å². The number of carbonyl (C=O) groups excluding carboxylic acids is 1. The van der Waals surface area contributed by atoms with Crippen molar-refractivity contribution in [3.05, 3.63) is 64.1 Å². The molecule has 3 atom stereocenters. The molecular weight excluding hydrogens is 349 g/mol. The molecule has 1 aliphatic heterocycles. The van der Waals surface area contributed by atoms with Gasteiger partial charge in [0.05, 0.1) is 12.6 Å². The molecule has 0 aliphatic carbocycles. The van der Waals surface area contributed by atoms with Crippen LogP contribution in [0.4, 0.5) is 5.69 Å². The molecule has 0 aromatic heterocycles. The molecule has 0 bridgehead atoms. The van der Waals surface area contributed by atoms with Gasteiger partial charge in [-0.05, 0) is 42.0 Å². The highest BCUT2D eigenvalue weighted by molar-refractivity contribution is 6.30. The van der Waals surface area contributed by atoms with Crippen molar-refractivity contribution in [3.8, 4) is 0 Å². The van der Waals surface area contributed by atoms with E-state index < -0.39 is 18.2 Å². The third kappa shape index (κ3) is 3.35. The Morgan fingerprint density at radius 1 is 1.04 bits per heavy atom. The predicted molar refractivity (Wildman–Crippen MR) is 95.0 cm³/mol. The number of halogens is 2. The fourth-order valence-corrected chi connectivity index (χ4v) is 3.17. The molecule has 1 aliphatic rings. The van der Waals surface area contributed by atoms with E-state index in [1.165, 1.54) is 0 Å². The number of amides is 1. The van der Waals surface area contributed by atoms with Crippen molar-refractivity contribution >= 4 is 34.8 Å². The lowest BCUT2D eigenvalue weighted by atomic mass is 9.99. The number of hydrogen-bond acceptors (Lipinski definition) is 4. The Kier molecular flexibility index (Phi) is 4.96. The van der Waals surface area contributed by atoms with Crippen molar-refractivity contribution in [1.82, 2.24) is 0 Å². The van der Waals surface area contributed by atoms with Crippen molar-refractivity contribution in [2.75, 3.05) is 11.5 Å². The second-order valence-corrected chi connectivity index (χ2v) is 6.47. The molecular formula is C17H17Cl2N3O2. The molecule has 126 valence electrons. The van der Waals surface area contributed by atoms with E-state index >= 15 is 0 Å². The van der Waals surface area contributed by atoms with Crippen molar-refractivity contribution in [2.24, 2.45) is 11.5 Å². The van der Waals surface area contributed by atoms with E-state index in [4.69, 9.17) is 39.4 Å². The number of carbonyl (C=O) groups is 1. The van der Waals surface area contributed by atoms with Crippen LogP contribution in [0.1, 0.15) is 11.6 Å². The minimum Gasteiger partial charge on any atom is -0.368 e. The Hall–Kier alpha value is -1.79. The van der Waals surface area contributed by atoms with Gasteiger partial charge in [0.15, 0.2) is 0 Å². The number of primary amides is 1. The van der Waals surface area contributed by atoms with Crippen LogP contribution >= 0.6 is 23.2 Å². The van der Waals surface area contributed by atoms with Gasteiger partial charge < -0.3 is 21.1 Å². The Morgan fingerprint density at radius 2 is 1.58 bits per heavy atom. The third-order valence-electron chi connectivity index (χ3n) is 4.06. The van der Waals surface area contributed by atoms with Crippen LogP contribution in [0.5, 0.6) is 0 Å². The first-order chi connectivity index (χ1) is 11.5. The number of anilines is 1. The fraction of sp³-hybridized carbons (Fsp3) is 0.235. The van der Waals surface area contributed by atoms with Gasteiger partial charge in [-0.15, -0.1) is 0 Å². The summed E-state index contributed by atoms with van der Waals surface area (Å²) in [4.78, 5) is 13.9. The number of hydrogen-bond donors (Lipinski definition) is 2. The fourth-order valence-electron chi connectivity index (χ4n) is 2.92. The molecule has 3 rings (SSSR count). The molecule has 1 heterocycles. The summed E-state index contributed by atoms with van der Waals surface area (Å²) in [5, 5.41) is 1.24. The third-order valence-corrected chi connectivity index (χ3v) is 4.57. The average Bonchev–Trinajstić information content (AvgIpc) is 2.56. The van der Waals surface area contributed by atoms with E-state index in [1.54, 1.807) is 24.3 Å². The largest absolute Gasteiger partial charge is 0.368 e. The van der Waals surface area contributed by atoms with Crippen LogP contribution in [0.25, 0.3) is 0 Å². The van der Waals surface area contributed by atoms with Crippen LogP contribution in [-0.4, -0.2) is 24.8 Å². The summed E-state index contributed by atoms with van der Waals surface area (Å²) in [7, 11) is 0. The van der Waals surface area contributed by atoms with Crippen LogP contribution in [0.3, 0.4) is 0 Å². The van der Waals surface area contributed by atoms with Crippen LogP contribution in [0.2, 0.25) is 10.0 Å². The highest BCUT2D eigenvalue weighted by Gasteiger charge is 2.40. The molecule has 24 heavy (non-hydrogen) atoms. The second-order valence-electron chi connectivity index (χ2n) is 5.60. The molecule has 5 nitrogen and oxygen atoms in total. The van der Waals surface area contributed by atoms with Crippen molar-refractivity contribution < 1.29 is 9.53 Å². The zero-order valence-electron chi connectivity index (χ0n) is 12.7. The quantitative estimate of drug-likeness (QED) is 0.875. The monoisotopic (exact) mass is 365 g/mol. The van der Waals surface area contributed by atoms with Gasteiger partial charge in [-0.2, -0.15) is 0 Å². The lowest BCUT2D eigenvalue weighted by Gasteiger charge is -2.45. The lowest BCUT2D eigenvalue weighted by molar-refractivity contribution is -0.125. The van der Waals surface area contributed by atoms with Crippen LogP contribution in [0, 0.1) is 0 Å². The number of ether oxygens (including phenoxy) is 1. The number of benzene rings is 2. The van der Waals surface area contributed by atoms with Gasteiger partial charge in [-0.3, -0.25) is 4.79 Å². The SMILES string of the molecule is NC(=O)C1C(N)OCC(c2ccc(Cl)cc2)N1c1ccc(Cl)cc1. The molecule has 7 heteroatoms. The number of nitrogens with two attached hydrogens (primary N) is 2. The summed E-state index contributed by atoms with van der Waals surface area (Å²) in [6, 6.07) is 13.6. The topological polar surface area (TPSA) is 81.6 Å². The van der Waals surface area contributed by atoms with E-state index in [-0.39, 0.29) is 6.04 Å². The zero-order valence-corrected chi connectivity index (χ0v) is 14.2. The molecule has 1 fully saturated rings. The normalized spacial score (nSPS) is 24.0. The molecule has 0 saturated carbocycles. The Morgan fingerprint density at radius 3 is 2.12 bits per heavy atom. The first-order valence-electron chi connectivity index (χ1n) is 7.43. The molecule has 1 amide bonds. The second kappa shape index (κ2) is 6.99. The Labute approximate surface area is 150 Å². The summed E-state index contributed by atoms with van der Waals surface area (Å²) in [5.74, 6) is -0.545. The van der Waals surface area contributed by atoms with Crippen molar-refractivity contribution in [1.29, 1.82) is 0 Å². The first kappa shape index (κ1) is 17.0. The van der Waals surface area contributed by atoms with Crippen LogP contribution in [0.15, 0.2) is 48.5 Å². The summed E-state index contributed by atoms with van der Waals surface area (Å²) in [6.45, 7) is 0.329. The minimum atomic E-state index is -0.804. The summed E-state index contributed by atoms with van der Waals surface area (Å²) >= 11 is 11.9. The van der Waals surface area contributed by atoms with Gasteiger partial charge in [0.1, 0.15) is 12.3 Å². The van der Waals surface area contributed by atoms with Crippen LogP contribution < -0.4 is 16.4 Å². The molecule has 0 spiro atoms. The van der Waals surface area contributed by atoms with E-state index in [1.807, 2.05) is 29.2 Å². The Balaban J connectivity index is 2.06. The summed E-state index contributed by atoms with van der Waals surface area (Å²) in [6.07, 6.45) is -0.804. The molecule has 0 radical (unpaired) electrons. The predicted octanol–water partition coefficient (Wildman–Crippen LogP) is 2.71.